The summed E-state index contributed by atoms with van der Waals surface area (Å²) in [4.78, 5) is 11.0. The number of amides is 1. The van der Waals surface area contributed by atoms with Crippen molar-refractivity contribution in [2.24, 2.45) is 17.8 Å². The van der Waals surface area contributed by atoms with Gasteiger partial charge >= 0.3 is 0 Å². The molecule has 0 aromatic carbocycles. The maximum atomic E-state index is 11.0. The topological polar surface area (TPSA) is 41.1 Å². The first-order valence-electron chi connectivity index (χ1n) is 6.71. The van der Waals surface area contributed by atoms with E-state index in [0.717, 1.165) is 30.8 Å². The Morgan fingerprint density at radius 2 is 2.12 bits per heavy atom. The van der Waals surface area contributed by atoms with Crippen LogP contribution in [0.5, 0.6) is 0 Å². The Hall–Kier alpha value is -0.570. The molecule has 0 aromatic rings. The largest absolute Gasteiger partial charge is 0.359 e. The number of hydrogen-bond acceptors (Lipinski definition) is 2. The van der Waals surface area contributed by atoms with E-state index in [-0.39, 0.29) is 5.91 Å². The minimum Gasteiger partial charge on any atom is -0.359 e. The van der Waals surface area contributed by atoms with Crippen molar-refractivity contribution in [3.63, 3.8) is 0 Å². The summed E-state index contributed by atoms with van der Waals surface area (Å²) < 4.78 is 0. The van der Waals surface area contributed by atoms with Crippen LogP contribution in [0, 0.1) is 17.8 Å². The predicted octanol–water partition coefficient (Wildman–Crippen LogP) is 1.54. The van der Waals surface area contributed by atoms with Crippen LogP contribution in [-0.4, -0.2) is 26.0 Å². The molecule has 92 valence electrons. The van der Waals surface area contributed by atoms with Gasteiger partial charge in [-0.3, -0.25) is 4.79 Å². The number of carbonyl (C=O) groups excluding carboxylic acids is 1. The monoisotopic (exact) mass is 224 g/mol. The van der Waals surface area contributed by atoms with Gasteiger partial charge in [0.1, 0.15) is 0 Å². The third-order valence-corrected chi connectivity index (χ3v) is 4.38. The Balaban J connectivity index is 1.51. The Morgan fingerprint density at radius 1 is 1.25 bits per heavy atom. The fraction of sp³-hybridized carbons (Fsp3) is 0.923. The van der Waals surface area contributed by atoms with Crippen LogP contribution in [0.15, 0.2) is 0 Å². The van der Waals surface area contributed by atoms with Crippen molar-refractivity contribution in [1.82, 2.24) is 10.6 Å². The van der Waals surface area contributed by atoms with Crippen molar-refractivity contribution in [3.8, 4) is 0 Å². The second-order valence-corrected chi connectivity index (χ2v) is 5.40. The molecule has 2 fully saturated rings. The zero-order valence-corrected chi connectivity index (χ0v) is 10.3. The van der Waals surface area contributed by atoms with Crippen molar-refractivity contribution in [2.75, 3.05) is 20.1 Å². The first-order chi connectivity index (χ1) is 7.79. The molecule has 0 aliphatic heterocycles. The SMILES string of the molecule is CNC(=O)CCNCCC1CC2CCC1C2. The van der Waals surface area contributed by atoms with Gasteiger partial charge in [-0.1, -0.05) is 6.42 Å². The normalized spacial score (nSPS) is 31.9. The molecule has 2 rings (SSSR count). The molecule has 2 aliphatic rings. The Kier molecular flexibility index (Phi) is 4.22. The third-order valence-electron chi connectivity index (χ3n) is 4.38. The molecule has 1 amide bonds. The molecule has 16 heavy (non-hydrogen) atoms. The van der Waals surface area contributed by atoms with Crippen LogP contribution in [-0.2, 0) is 4.79 Å². The molecule has 2 saturated carbocycles. The van der Waals surface area contributed by atoms with Crippen molar-refractivity contribution in [2.45, 2.75) is 38.5 Å². The average molecular weight is 224 g/mol. The lowest BCUT2D eigenvalue weighted by Crippen LogP contribution is -2.26. The van der Waals surface area contributed by atoms with Crippen molar-refractivity contribution >= 4 is 5.91 Å². The summed E-state index contributed by atoms with van der Waals surface area (Å²) in [7, 11) is 1.69. The summed E-state index contributed by atoms with van der Waals surface area (Å²) in [5.74, 6) is 3.20. The van der Waals surface area contributed by atoms with Gasteiger partial charge in [0.05, 0.1) is 0 Å². The van der Waals surface area contributed by atoms with Gasteiger partial charge in [-0.2, -0.15) is 0 Å². The third kappa shape index (κ3) is 2.97. The standard InChI is InChI=1S/C13H24N2O/c1-14-13(16)5-7-15-6-4-12-9-10-2-3-11(12)8-10/h10-12,15H,2-9H2,1H3,(H,14,16). The van der Waals surface area contributed by atoms with E-state index in [1.54, 1.807) is 7.05 Å². The second kappa shape index (κ2) is 5.67. The molecule has 3 heteroatoms. The van der Waals surface area contributed by atoms with Crippen molar-refractivity contribution < 1.29 is 4.79 Å². The van der Waals surface area contributed by atoms with Gasteiger partial charge < -0.3 is 10.6 Å². The minimum atomic E-state index is 0.132. The number of carbonyl (C=O) groups is 1. The van der Waals surface area contributed by atoms with Gasteiger partial charge in [0.25, 0.3) is 0 Å². The highest BCUT2D eigenvalue weighted by molar-refractivity contribution is 5.75. The number of rotatable bonds is 6. The van der Waals surface area contributed by atoms with Crippen LogP contribution in [0.4, 0.5) is 0 Å². The molecule has 2 aliphatic carbocycles. The van der Waals surface area contributed by atoms with E-state index < -0.39 is 0 Å². The molecule has 3 nitrogen and oxygen atoms in total. The highest BCUT2D eigenvalue weighted by atomic mass is 16.1. The van der Waals surface area contributed by atoms with Gasteiger partial charge in [-0.25, -0.2) is 0 Å². The molecule has 2 N–H and O–H groups in total. The molecule has 0 heterocycles. The highest BCUT2D eigenvalue weighted by Gasteiger charge is 2.38. The lowest BCUT2D eigenvalue weighted by Gasteiger charge is -2.21. The summed E-state index contributed by atoms with van der Waals surface area (Å²) in [5, 5.41) is 6.02. The fourth-order valence-electron chi connectivity index (χ4n) is 3.47. The van der Waals surface area contributed by atoms with E-state index in [9.17, 15) is 4.79 Å². The van der Waals surface area contributed by atoms with E-state index >= 15 is 0 Å². The van der Waals surface area contributed by atoms with E-state index in [2.05, 4.69) is 10.6 Å². The van der Waals surface area contributed by atoms with E-state index in [1.165, 1.54) is 32.1 Å². The van der Waals surface area contributed by atoms with E-state index in [1.807, 2.05) is 0 Å². The van der Waals surface area contributed by atoms with Crippen LogP contribution in [0.1, 0.15) is 38.5 Å². The lowest BCUT2D eigenvalue weighted by molar-refractivity contribution is -0.120. The summed E-state index contributed by atoms with van der Waals surface area (Å²) in [6.07, 6.45) is 7.87. The quantitative estimate of drug-likeness (QED) is 0.672. The van der Waals surface area contributed by atoms with Gasteiger partial charge in [0.2, 0.25) is 5.91 Å². The average Bonchev–Trinajstić information content (AvgIpc) is 2.90. The molecule has 2 bridgehead atoms. The number of hydrogen-bond donors (Lipinski definition) is 2. The van der Waals surface area contributed by atoms with Crippen LogP contribution in [0.25, 0.3) is 0 Å². The van der Waals surface area contributed by atoms with Gasteiger partial charge in [0.15, 0.2) is 0 Å². The molecule has 3 atom stereocenters. The van der Waals surface area contributed by atoms with Crippen LogP contribution in [0.3, 0.4) is 0 Å². The Morgan fingerprint density at radius 3 is 2.75 bits per heavy atom. The van der Waals surface area contributed by atoms with Gasteiger partial charge in [0, 0.05) is 20.0 Å². The smallest absolute Gasteiger partial charge is 0.221 e. The van der Waals surface area contributed by atoms with Crippen LogP contribution < -0.4 is 10.6 Å². The first kappa shape index (κ1) is 11.9. The maximum Gasteiger partial charge on any atom is 0.221 e. The first-order valence-corrected chi connectivity index (χ1v) is 6.71. The Bertz CT molecular complexity index is 242. The minimum absolute atomic E-state index is 0.132. The van der Waals surface area contributed by atoms with Gasteiger partial charge in [-0.05, 0) is 50.0 Å². The lowest BCUT2D eigenvalue weighted by atomic mass is 9.86. The summed E-state index contributed by atoms with van der Waals surface area (Å²) in [5.41, 5.74) is 0. The van der Waals surface area contributed by atoms with Crippen molar-refractivity contribution in [3.05, 3.63) is 0 Å². The molecular formula is C13H24N2O. The number of nitrogens with one attached hydrogen (secondary N) is 2. The zero-order chi connectivity index (χ0) is 11.4. The van der Waals surface area contributed by atoms with Crippen LogP contribution in [0.2, 0.25) is 0 Å². The van der Waals surface area contributed by atoms with E-state index in [4.69, 9.17) is 0 Å². The fourth-order valence-corrected chi connectivity index (χ4v) is 3.47. The maximum absolute atomic E-state index is 11.0. The molecular weight excluding hydrogens is 200 g/mol. The molecule has 0 spiro atoms. The molecule has 0 radical (unpaired) electrons. The zero-order valence-electron chi connectivity index (χ0n) is 10.3. The van der Waals surface area contributed by atoms with Crippen molar-refractivity contribution in [1.29, 1.82) is 0 Å². The molecule has 0 saturated heterocycles. The summed E-state index contributed by atoms with van der Waals surface area (Å²) in [6, 6.07) is 0. The summed E-state index contributed by atoms with van der Waals surface area (Å²) in [6.45, 7) is 1.91. The molecule has 0 aromatic heterocycles. The predicted molar refractivity (Wildman–Crippen MR) is 65.1 cm³/mol. The Labute approximate surface area is 98.4 Å². The summed E-state index contributed by atoms with van der Waals surface area (Å²) >= 11 is 0. The number of fused-ring (bicyclic) bond motifs is 2. The van der Waals surface area contributed by atoms with E-state index in [0.29, 0.717) is 6.42 Å². The molecule has 3 unspecified atom stereocenters. The van der Waals surface area contributed by atoms with Gasteiger partial charge in [-0.15, -0.1) is 0 Å². The van der Waals surface area contributed by atoms with Crippen LogP contribution >= 0.6 is 0 Å². The highest BCUT2D eigenvalue weighted by Crippen LogP contribution is 2.49. The second-order valence-electron chi connectivity index (χ2n) is 5.40.